The second kappa shape index (κ2) is 6.14. The van der Waals surface area contributed by atoms with Gasteiger partial charge in [0.05, 0.1) is 14.2 Å². The molecule has 1 aromatic rings. The third-order valence-electron chi connectivity index (χ3n) is 2.23. The molecule has 2 rings (SSSR count). The molecule has 0 unspecified atom stereocenters. The Morgan fingerprint density at radius 1 is 1.32 bits per heavy atom. The van der Waals surface area contributed by atoms with E-state index >= 15 is 0 Å². The third kappa shape index (κ3) is 4.63. The lowest BCUT2D eigenvalue weighted by Gasteiger charge is -2.17. The van der Waals surface area contributed by atoms with Crippen molar-refractivity contribution in [3.05, 3.63) is 6.33 Å². The van der Waals surface area contributed by atoms with Crippen LogP contribution < -0.4 is 38.9 Å². The van der Waals surface area contributed by atoms with Crippen molar-refractivity contribution in [1.82, 2.24) is 4.98 Å². The van der Waals surface area contributed by atoms with Crippen molar-refractivity contribution in [2.24, 2.45) is 0 Å². The van der Waals surface area contributed by atoms with Gasteiger partial charge < -0.3 is 4.90 Å². The van der Waals surface area contributed by atoms with Crippen LogP contribution in [0.15, 0.2) is 6.33 Å². The second-order valence-corrected chi connectivity index (χ2v) is 4.43. The Labute approximate surface area is 111 Å². The number of nitrogens with one attached hydrogen (secondary N) is 2. The van der Waals surface area contributed by atoms with Crippen molar-refractivity contribution in [2.75, 3.05) is 43.2 Å². The highest BCUT2D eigenvalue weighted by Gasteiger charge is 2.31. The number of rotatable bonds is 2. The molecule has 108 valence electrons. The molecule has 1 aliphatic rings. The van der Waals surface area contributed by atoms with Gasteiger partial charge >= 0.3 is 0 Å². The molecule has 0 amide bonds. The van der Waals surface area contributed by atoms with Crippen LogP contribution in [-0.2, 0) is 4.84 Å². The fourth-order valence-electron chi connectivity index (χ4n) is 1.68. The maximum absolute atomic E-state index is 8.49. The van der Waals surface area contributed by atoms with Gasteiger partial charge in [0, 0.05) is 7.05 Å². The third-order valence-corrected chi connectivity index (χ3v) is 2.23. The molecule has 0 aliphatic carbocycles. The molecule has 0 saturated heterocycles. The van der Waals surface area contributed by atoms with Gasteiger partial charge in [-0.15, -0.1) is 10.2 Å². The van der Waals surface area contributed by atoms with Crippen molar-refractivity contribution in [3.8, 4) is 0 Å². The minimum atomic E-state index is -4.94. The minimum absolute atomic E-state index is 0.730. The molecule has 2 heterocycles. The summed E-state index contributed by atoms with van der Waals surface area (Å²) < 4.78 is 34.0. The van der Waals surface area contributed by atoms with E-state index in [0.29, 0.717) is 0 Å². The van der Waals surface area contributed by atoms with E-state index < -0.39 is 10.2 Å². The van der Waals surface area contributed by atoms with Gasteiger partial charge in [-0.1, -0.05) is 4.98 Å². The zero-order chi connectivity index (χ0) is 14.6. The minimum Gasteiger partial charge on any atom is -0.335 e. The Morgan fingerprint density at radius 3 is 2.42 bits per heavy atom. The van der Waals surface area contributed by atoms with Crippen molar-refractivity contribution in [1.29, 1.82) is 0 Å². The number of nitrogens with zero attached hydrogens (tertiary/aromatic N) is 3. The first kappa shape index (κ1) is 15.6. The number of H-pyrrole nitrogens is 1. The zero-order valence-corrected chi connectivity index (χ0v) is 11.3. The summed E-state index contributed by atoms with van der Waals surface area (Å²) in [4.78, 5) is 16.3. The molecule has 10 nitrogen and oxygen atoms in total. The van der Waals surface area contributed by atoms with E-state index in [1.807, 2.05) is 14.1 Å². The van der Waals surface area contributed by atoms with Crippen LogP contribution in [0.1, 0.15) is 0 Å². The number of hydrogen-bond acceptors (Lipinski definition) is 9. The topological polar surface area (TPSA) is 147 Å². The predicted octanol–water partition coefficient (Wildman–Crippen LogP) is -5.04. The lowest BCUT2D eigenvalue weighted by Crippen LogP contribution is -2.68. The molecule has 0 fully saturated rings. The Balaban J connectivity index is 0.000000312. The van der Waals surface area contributed by atoms with Crippen LogP contribution in [0.2, 0.25) is 0 Å². The summed E-state index contributed by atoms with van der Waals surface area (Å²) in [6.45, 7) is 0.843. The largest absolute Gasteiger partial charge is 0.335 e. The highest BCUT2D eigenvalue weighted by Crippen LogP contribution is 2.34. The van der Waals surface area contributed by atoms with Gasteiger partial charge in [-0.05, 0) is 0 Å². The molecule has 1 aromatic heterocycles. The van der Waals surface area contributed by atoms with Crippen LogP contribution in [0.4, 0.5) is 17.3 Å². The molecule has 0 bridgehead atoms. The first-order valence-corrected chi connectivity index (χ1v) is 6.21. The van der Waals surface area contributed by atoms with Crippen LogP contribution in [0, 0.1) is 10.2 Å². The Bertz CT molecular complexity index is 422. The molecule has 0 saturated carbocycles. The normalized spacial score (nSPS) is 13.8. The first-order chi connectivity index (χ1) is 8.74. The average molecular weight is 296 g/mol. The average Bonchev–Trinajstić information content (AvgIpc) is 2.54. The van der Waals surface area contributed by atoms with Crippen molar-refractivity contribution < 1.29 is 38.7 Å². The standard InChI is InChI=1S/C8H13N5O.ClHO4/c1-12-5-13(2)8-6(12)7(11-14-3)9-4-10-8;2-1(3,4)5/h4H,5H2,1-3H3,(H,9,10,11);(H,2,3,4,5). The fraction of sp³-hybridized carbons (Fsp3) is 0.500. The van der Waals surface area contributed by atoms with Gasteiger partial charge in [0.1, 0.15) is 6.67 Å². The predicted molar refractivity (Wildman–Crippen MR) is 53.1 cm³/mol. The maximum Gasteiger partial charge on any atom is 0.256 e. The molecular formula is C8H14ClN5O5. The van der Waals surface area contributed by atoms with E-state index in [4.69, 9.17) is 23.5 Å². The van der Waals surface area contributed by atoms with Crippen molar-refractivity contribution in [2.45, 2.75) is 0 Å². The lowest BCUT2D eigenvalue weighted by molar-refractivity contribution is -2.00. The number of halogens is 1. The second-order valence-electron chi connectivity index (χ2n) is 3.67. The molecule has 0 spiro atoms. The highest BCUT2D eigenvalue weighted by molar-refractivity contribution is 5.79. The zero-order valence-electron chi connectivity index (χ0n) is 10.5. The van der Waals surface area contributed by atoms with E-state index in [1.165, 1.54) is 0 Å². The van der Waals surface area contributed by atoms with Crippen molar-refractivity contribution >= 4 is 17.3 Å². The van der Waals surface area contributed by atoms with Crippen molar-refractivity contribution in [3.63, 3.8) is 0 Å². The van der Waals surface area contributed by atoms with Gasteiger partial charge in [0.2, 0.25) is 6.33 Å². The van der Waals surface area contributed by atoms with E-state index in [9.17, 15) is 0 Å². The molecule has 0 aromatic carbocycles. The van der Waals surface area contributed by atoms with E-state index in [0.717, 1.165) is 24.0 Å². The van der Waals surface area contributed by atoms with Gasteiger partial charge in [0.25, 0.3) is 11.6 Å². The Morgan fingerprint density at radius 2 is 1.89 bits per heavy atom. The summed E-state index contributed by atoms with van der Waals surface area (Å²) in [7, 11) is 0.664. The maximum atomic E-state index is 8.49. The summed E-state index contributed by atoms with van der Waals surface area (Å²) in [5, 5.41) is 0. The number of anilines is 3. The highest BCUT2D eigenvalue weighted by atomic mass is 35.7. The number of aromatic nitrogens is 2. The van der Waals surface area contributed by atoms with Gasteiger partial charge in [-0.2, -0.15) is 0 Å². The van der Waals surface area contributed by atoms with Crippen LogP contribution >= 0.6 is 0 Å². The molecule has 2 N–H and O–H groups in total. The summed E-state index contributed by atoms with van der Waals surface area (Å²) in [5.41, 5.74) is 3.78. The summed E-state index contributed by atoms with van der Waals surface area (Å²) in [5.74, 6) is 1.77. The number of fused-ring (bicyclic) bond motifs is 1. The number of hydrogen-bond donors (Lipinski definition) is 1. The fourth-order valence-corrected chi connectivity index (χ4v) is 1.68. The Hall–Kier alpha value is -1.43. The summed E-state index contributed by atoms with van der Waals surface area (Å²) in [6.07, 6.45) is 1.65. The van der Waals surface area contributed by atoms with E-state index in [1.54, 1.807) is 13.4 Å². The first-order valence-electron chi connectivity index (χ1n) is 4.97. The summed E-state index contributed by atoms with van der Waals surface area (Å²) >= 11 is 0. The number of aromatic amines is 1. The molecular weight excluding hydrogens is 282 g/mol. The summed E-state index contributed by atoms with van der Waals surface area (Å²) in [6, 6.07) is 0. The lowest BCUT2D eigenvalue weighted by atomic mass is 10.4. The Kier molecular flexibility index (Phi) is 5.05. The van der Waals surface area contributed by atoms with E-state index in [2.05, 4.69) is 25.2 Å². The molecule has 1 aliphatic heterocycles. The SMILES string of the molecule is CONc1nc[nH+]c2c1N(C)CN2C.[O-][Cl+3]([O-])([O-])[O-]. The van der Waals surface area contributed by atoms with Crippen LogP contribution in [0.3, 0.4) is 0 Å². The van der Waals surface area contributed by atoms with Crippen LogP contribution in [-0.4, -0.2) is 32.9 Å². The van der Waals surface area contributed by atoms with Crippen LogP contribution in [0.5, 0.6) is 0 Å². The molecule has 11 heteroatoms. The smallest absolute Gasteiger partial charge is 0.256 e. The van der Waals surface area contributed by atoms with Gasteiger partial charge in [-0.3, -0.25) is 9.74 Å². The van der Waals surface area contributed by atoms with Gasteiger partial charge in [0.15, 0.2) is 5.69 Å². The molecule has 19 heavy (non-hydrogen) atoms. The van der Waals surface area contributed by atoms with Gasteiger partial charge in [-0.25, -0.2) is 29.1 Å². The van der Waals surface area contributed by atoms with Crippen LogP contribution in [0.25, 0.3) is 0 Å². The quantitative estimate of drug-likeness (QED) is 0.529. The van der Waals surface area contributed by atoms with E-state index in [-0.39, 0.29) is 0 Å². The molecule has 0 radical (unpaired) electrons. The molecule has 0 atom stereocenters. The monoisotopic (exact) mass is 295 g/mol.